The first-order valence-electron chi connectivity index (χ1n) is 8.26. The summed E-state index contributed by atoms with van der Waals surface area (Å²) in [4.78, 5) is 14.6. The fourth-order valence-corrected chi connectivity index (χ4v) is 3.37. The number of nitrogens with zero attached hydrogens (tertiary/aromatic N) is 3. The first-order chi connectivity index (χ1) is 11.5. The molecule has 1 saturated heterocycles. The van der Waals surface area contributed by atoms with E-state index in [0.29, 0.717) is 23.2 Å². The zero-order valence-electron chi connectivity index (χ0n) is 14.1. The number of aromatic nitrogens is 2. The molecule has 0 bridgehead atoms. The number of aryl methyl sites for hydroxylation is 2. The van der Waals surface area contributed by atoms with Gasteiger partial charge in [-0.1, -0.05) is 41.4 Å². The number of hydrogen-bond donors (Lipinski definition) is 1. The van der Waals surface area contributed by atoms with E-state index in [1.165, 1.54) is 11.1 Å². The SMILES string of the molecule is Cc1ccc(CN2CC[C@@H](CNC(=O)c3nn(C)cc3Cl)C2)cc1. The number of carbonyl (C=O) groups is 1. The van der Waals surface area contributed by atoms with Crippen molar-refractivity contribution >= 4 is 17.5 Å². The van der Waals surface area contributed by atoms with Crippen LogP contribution in [0.4, 0.5) is 0 Å². The number of halogens is 1. The highest BCUT2D eigenvalue weighted by atomic mass is 35.5. The summed E-state index contributed by atoms with van der Waals surface area (Å²) in [5.74, 6) is 0.277. The molecule has 24 heavy (non-hydrogen) atoms. The molecular formula is C18H23ClN4O. The summed E-state index contributed by atoms with van der Waals surface area (Å²) >= 11 is 6.01. The molecule has 0 unspecified atom stereocenters. The summed E-state index contributed by atoms with van der Waals surface area (Å²) in [6.45, 7) is 5.81. The van der Waals surface area contributed by atoms with Crippen molar-refractivity contribution in [3.05, 3.63) is 52.3 Å². The minimum atomic E-state index is -0.197. The zero-order chi connectivity index (χ0) is 17.1. The van der Waals surface area contributed by atoms with E-state index in [4.69, 9.17) is 11.6 Å². The third kappa shape index (κ3) is 4.16. The lowest BCUT2D eigenvalue weighted by Gasteiger charge is -2.16. The molecule has 3 rings (SSSR count). The van der Waals surface area contributed by atoms with Crippen LogP contribution in [-0.4, -0.2) is 40.2 Å². The number of benzene rings is 1. The zero-order valence-corrected chi connectivity index (χ0v) is 14.9. The molecule has 1 fully saturated rings. The molecule has 2 heterocycles. The molecule has 1 aliphatic heterocycles. The number of carbonyl (C=O) groups excluding carboxylic acids is 1. The molecule has 5 nitrogen and oxygen atoms in total. The number of amides is 1. The van der Waals surface area contributed by atoms with Crippen LogP contribution in [0.15, 0.2) is 30.5 Å². The van der Waals surface area contributed by atoms with E-state index in [1.807, 2.05) is 0 Å². The van der Waals surface area contributed by atoms with Gasteiger partial charge in [0, 0.05) is 32.9 Å². The van der Waals surface area contributed by atoms with Gasteiger partial charge in [-0.15, -0.1) is 0 Å². The van der Waals surface area contributed by atoms with Crippen LogP contribution in [0, 0.1) is 12.8 Å². The van der Waals surface area contributed by atoms with E-state index in [0.717, 1.165) is 26.1 Å². The molecule has 1 aromatic heterocycles. The van der Waals surface area contributed by atoms with Crippen LogP contribution in [0.25, 0.3) is 0 Å². The Morgan fingerprint density at radius 2 is 2.12 bits per heavy atom. The maximum atomic E-state index is 12.2. The molecule has 0 spiro atoms. The first-order valence-corrected chi connectivity index (χ1v) is 8.64. The molecule has 1 amide bonds. The number of hydrogen-bond acceptors (Lipinski definition) is 3. The van der Waals surface area contributed by atoms with Crippen LogP contribution < -0.4 is 5.32 Å². The van der Waals surface area contributed by atoms with Gasteiger partial charge in [0.25, 0.3) is 5.91 Å². The third-order valence-electron chi connectivity index (χ3n) is 4.45. The predicted molar refractivity (Wildman–Crippen MR) is 95.1 cm³/mol. The summed E-state index contributed by atoms with van der Waals surface area (Å²) in [6, 6.07) is 8.68. The Labute approximate surface area is 147 Å². The lowest BCUT2D eigenvalue weighted by molar-refractivity contribution is 0.0941. The lowest BCUT2D eigenvalue weighted by Crippen LogP contribution is -2.31. The highest BCUT2D eigenvalue weighted by Crippen LogP contribution is 2.19. The fraction of sp³-hybridized carbons (Fsp3) is 0.444. The predicted octanol–water partition coefficient (Wildman–Crippen LogP) is 2.63. The van der Waals surface area contributed by atoms with Gasteiger partial charge in [-0.2, -0.15) is 5.10 Å². The molecule has 0 aliphatic carbocycles. The fourth-order valence-electron chi connectivity index (χ4n) is 3.11. The summed E-state index contributed by atoms with van der Waals surface area (Å²) in [5.41, 5.74) is 2.92. The molecular weight excluding hydrogens is 324 g/mol. The van der Waals surface area contributed by atoms with E-state index in [2.05, 4.69) is 46.5 Å². The van der Waals surface area contributed by atoms with E-state index < -0.39 is 0 Å². The van der Waals surface area contributed by atoms with Gasteiger partial charge in [0.05, 0.1) is 5.02 Å². The second-order valence-corrected chi connectivity index (χ2v) is 6.99. The average molecular weight is 347 g/mol. The van der Waals surface area contributed by atoms with Crippen LogP contribution in [0.2, 0.25) is 5.02 Å². The first kappa shape index (κ1) is 17.0. The Morgan fingerprint density at radius 3 is 2.79 bits per heavy atom. The summed E-state index contributed by atoms with van der Waals surface area (Å²) in [7, 11) is 1.75. The van der Waals surface area contributed by atoms with Gasteiger partial charge in [0.15, 0.2) is 5.69 Å². The topological polar surface area (TPSA) is 50.2 Å². The normalized spacial score (nSPS) is 18.0. The van der Waals surface area contributed by atoms with Crippen LogP contribution >= 0.6 is 11.6 Å². The van der Waals surface area contributed by atoms with E-state index >= 15 is 0 Å². The monoisotopic (exact) mass is 346 g/mol. The van der Waals surface area contributed by atoms with Gasteiger partial charge in [0.2, 0.25) is 0 Å². The minimum absolute atomic E-state index is 0.197. The summed E-state index contributed by atoms with van der Waals surface area (Å²) in [5, 5.41) is 7.45. The van der Waals surface area contributed by atoms with Gasteiger partial charge in [-0.3, -0.25) is 14.4 Å². The molecule has 1 N–H and O–H groups in total. The van der Waals surface area contributed by atoms with Crippen molar-refractivity contribution in [1.82, 2.24) is 20.0 Å². The van der Waals surface area contributed by atoms with Crippen molar-refractivity contribution in [3.8, 4) is 0 Å². The largest absolute Gasteiger partial charge is 0.350 e. The van der Waals surface area contributed by atoms with Crippen LogP contribution in [0.5, 0.6) is 0 Å². The third-order valence-corrected chi connectivity index (χ3v) is 4.72. The standard InChI is InChI=1S/C18H23ClN4O/c1-13-3-5-14(6-4-13)10-23-8-7-15(11-23)9-20-18(24)17-16(19)12-22(2)21-17/h3-6,12,15H,7-11H2,1-2H3,(H,20,24)/t15-/m0/s1. The number of rotatable bonds is 5. The van der Waals surface area contributed by atoms with Gasteiger partial charge in [-0.25, -0.2) is 0 Å². The molecule has 0 saturated carbocycles. The van der Waals surface area contributed by atoms with Crippen molar-refractivity contribution in [2.45, 2.75) is 19.9 Å². The summed E-state index contributed by atoms with van der Waals surface area (Å²) < 4.78 is 1.55. The van der Waals surface area contributed by atoms with Crippen molar-refractivity contribution in [2.75, 3.05) is 19.6 Å². The maximum Gasteiger partial charge on any atom is 0.273 e. The van der Waals surface area contributed by atoms with E-state index in [1.54, 1.807) is 17.9 Å². The van der Waals surface area contributed by atoms with E-state index in [9.17, 15) is 4.79 Å². The Balaban J connectivity index is 1.47. The summed E-state index contributed by atoms with van der Waals surface area (Å²) in [6.07, 6.45) is 2.73. The molecule has 128 valence electrons. The Morgan fingerprint density at radius 1 is 1.38 bits per heavy atom. The molecule has 6 heteroatoms. The quantitative estimate of drug-likeness (QED) is 0.905. The Kier molecular flexibility index (Phi) is 5.21. The second-order valence-electron chi connectivity index (χ2n) is 6.58. The van der Waals surface area contributed by atoms with E-state index in [-0.39, 0.29) is 5.91 Å². The molecule has 1 atom stereocenters. The van der Waals surface area contributed by atoms with Crippen molar-refractivity contribution < 1.29 is 4.79 Å². The highest BCUT2D eigenvalue weighted by Gasteiger charge is 2.24. The van der Waals surface area contributed by atoms with Gasteiger partial charge >= 0.3 is 0 Å². The van der Waals surface area contributed by atoms with Crippen LogP contribution in [0.3, 0.4) is 0 Å². The molecule has 1 aromatic carbocycles. The van der Waals surface area contributed by atoms with Gasteiger partial charge in [0.1, 0.15) is 0 Å². The Hall–Kier alpha value is -1.85. The van der Waals surface area contributed by atoms with Crippen molar-refractivity contribution in [1.29, 1.82) is 0 Å². The second kappa shape index (κ2) is 7.36. The highest BCUT2D eigenvalue weighted by molar-refractivity contribution is 6.33. The lowest BCUT2D eigenvalue weighted by atomic mass is 10.1. The minimum Gasteiger partial charge on any atom is -0.350 e. The molecule has 2 aromatic rings. The van der Waals surface area contributed by atoms with Crippen molar-refractivity contribution in [2.24, 2.45) is 13.0 Å². The molecule has 0 radical (unpaired) electrons. The average Bonchev–Trinajstić information content (AvgIpc) is 3.13. The van der Waals surface area contributed by atoms with Crippen LogP contribution in [-0.2, 0) is 13.6 Å². The van der Waals surface area contributed by atoms with Crippen LogP contribution in [0.1, 0.15) is 28.0 Å². The maximum absolute atomic E-state index is 12.2. The van der Waals surface area contributed by atoms with Gasteiger partial charge < -0.3 is 5.32 Å². The van der Waals surface area contributed by atoms with Gasteiger partial charge in [-0.05, 0) is 31.4 Å². The number of likely N-dealkylation sites (tertiary alicyclic amines) is 1. The molecule has 1 aliphatic rings. The number of nitrogens with one attached hydrogen (secondary N) is 1. The Bertz CT molecular complexity index is 710. The van der Waals surface area contributed by atoms with Crippen molar-refractivity contribution in [3.63, 3.8) is 0 Å². The smallest absolute Gasteiger partial charge is 0.273 e.